The van der Waals surface area contributed by atoms with Crippen molar-refractivity contribution in [2.75, 3.05) is 28.7 Å². The summed E-state index contributed by atoms with van der Waals surface area (Å²) >= 11 is 1.49. The molecule has 0 amide bonds. The molecule has 7 rings (SSSR count). The Hall–Kier alpha value is -3.79. The molecule has 3 aliphatic rings. The minimum atomic E-state index is -4.72. The average molecular weight is 672 g/mol. The smallest absolute Gasteiger partial charge is 0.406 e. The van der Waals surface area contributed by atoms with E-state index in [0.717, 1.165) is 41.6 Å². The number of rotatable bonds is 9. The lowest BCUT2D eigenvalue weighted by Crippen LogP contribution is -2.44. The lowest BCUT2D eigenvalue weighted by Gasteiger charge is -2.40. The van der Waals surface area contributed by atoms with Gasteiger partial charge in [-0.3, -0.25) is 4.98 Å². The van der Waals surface area contributed by atoms with Crippen LogP contribution >= 0.6 is 11.3 Å². The maximum absolute atomic E-state index is 12.6. The number of ether oxygens (including phenoxy) is 1. The maximum Gasteiger partial charge on any atom is 0.573 e. The van der Waals surface area contributed by atoms with Crippen molar-refractivity contribution < 1.29 is 33.2 Å². The lowest BCUT2D eigenvalue weighted by atomic mass is 9.90. The van der Waals surface area contributed by atoms with Crippen LogP contribution in [-0.4, -0.2) is 85.1 Å². The molecule has 47 heavy (non-hydrogen) atoms. The summed E-state index contributed by atoms with van der Waals surface area (Å²) in [5.74, 6) is 0.570. The zero-order valence-corrected chi connectivity index (χ0v) is 26.4. The number of piperidine rings is 1. The van der Waals surface area contributed by atoms with E-state index < -0.39 is 30.5 Å². The number of anilines is 3. The van der Waals surface area contributed by atoms with Crippen molar-refractivity contribution in [3.05, 3.63) is 48.4 Å². The molecule has 4 aromatic rings. The summed E-state index contributed by atoms with van der Waals surface area (Å²) in [6, 6.07) is 8.05. The van der Waals surface area contributed by atoms with Crippen LogP contribution in [0.4, 0.5) is 30.6 Å². The summed E-state index contributed by atoms with van der Waals surface area (Å²) < 4.78 is 42.9. The first-order valence-corrected chi connectivity index (χ1v) is 16.6. The Morgan fingerprint density at radius 2 is 1.74 bits per heavy atom. The molecule has 15 heteroatoms. The number of nitrogens with one attached hydrogen (secondary N) is 2. The number of hydrogen-bond donors (Lipinski definition) is 5. The van der Waals surface area contributed by atoms with Crippen LogP contribution in [0.25, 0.3) is 20.8 Å². The quantitative estimate of drug-likeness (QED) is 0.168. The topological polar surface area (TPSA) is 149 Å². The minimum Gasteiger partial charge on any atom is -0.406 e. The van der Waals surface area contributed by atoms with Crippen molar-refractivity contribution >= 4 is 39.0 Å². The van der Waals surface area contributed by atoms with Gasteiger partial charge in [-0.05, 0) is 75.3 Å². The zero-order chi connectivity index (χ0) is 32.9. The Labute approximate surface area is 272 Å². The van der Waals surface area contributed by atoms with E-state index in [2.05, 4.69) is 25.3 Å². The van der Waals surface area contributed by atoms with Crippen LogP contribution in [0.15, 0.2) is 42.7 Å². The van der Waals surface area contributed by atoms with Crippen LogP contribution in [0.2, 0.25) is 0 Å². The highest BCUT2D eigenvalue weighted by atomic mass is 32.1. The molecule has 0 radical (unpaired) electrons. The number of aliphatic hydroxyl groups excluding tert-OH is 3. The Bertz CT molecular complexity index is 1680. The predicted molar refractivity (Wildman–Crippen MR) is 171 cm³/mol. The summed E-state index contributed by atoms with van der Waals surface area (Å²) in [5.41, 5.74) is 3.04. The number of nitrogens with zero attached hydrogens (tertiary/aromatic N) is 5. The Kier molecular flexibility index (Phi) is 8.57. The van der Waals surface area contributed by atoms with E-state index >= 15 is 0 Å². The summed E-state index contributed by atoms with van der Waals surface area (Å²) in [6.45, 7) is 2.29. The summed E-state index contributed by atoms with van der Waals surface area (Å²) in [5, 5.41) is 38.4. The second kappa shape index (κ2) is 12.7. The third kappa shape index (κ3) is 6.53. The fourth-order valence-electron chi connectivity index (χ4n) is 7.46. The highest BCUT2D eigenvalue weighted by molar-refractivity contribution is 7.21. The number of fused-ring (bicyclic) bond motifs is 3. The number of alkyl halides is 3. The summed E-state index contributed by atoms with van der Waals surface area (Å²) in [7, 11) is 0. The van der Waals surface area contributed by atoms with E-state index in [0.29, 0.717) is 46.9 Å². The van der Waals surface area contributed by atoms with Crippen LogP contribution in [0, 0.1) is 18.8 Å². The van der Waals surface area contributed by atoms with Gasteiger partial charge in [-0.2, -0.15) is 4.98 Å². The molecule has 250 valence electrons. The third-order valence-electron chi connectivity index (χ3n) is 9.60. The van der Waals surface area contributed by atoms with Gasteiger partial charge < -0.3 is 35.6 Å². The number of halogens is 3. The minimum absolute atomic E-state index is 0.227. The van der Waals surface area contributed by atoms with Crippen LogP contribution < -0.4 is 20.3 Å². The Morgan fingerprint density at radius 1 is 1.00 bits per heavy atom. The van der Waals surface area contributed by atoms with Crippen LogP contribution in [-0.2, 0) is 0 Å². The number of hydrogen-bond acceptors (Lipinski definition) is 12. The lowest BCUT2D eigenvalue weighted by molar-refractivity contribution is -0.274. The molecule has 3 fully saturated rings. The van der Waals surface area contributed by atoms with Crippen molar-refractivity contribution in [1.82, 2.24) is 19.9 Å². The molecule has 11 nitrogen and oxygen atoms in total. The maximum atomic E-state index is 12.6. The van der Waals surface area contributed by atoms with Crippen molar-refractivity contribution in [1.29, 1.82) is 0 Å². The van der Waals surface area contributed by atoms with Gasteiger partial charge in [0, 0.05) is 43.0 Å². The standard InChI is InChI=1S/C32H36F3N7O4S/c1-16-26(30-40-24-14-36-9-8-25(24)47-30)29(39-23-12-18(15-43)27(44)28(23)45)41-31(38-16)37-13-17-10-20-2-3-21(11-17)42(20)19-4-6-22(7-5-19)46-32(33,34)35/h4-9,14,17-18,20-21,23,27-28,43-45H,2-3,10-13,15H2,1H3,(H2,37,38,39,41)/t17?,18-,20-,21+,23?,27-,28+/m1/s1. The highest BCUT2D eigenvalue weighted by Gasteiger charge is 2.43. The molecule has 2 aliphatic heterocycles. The first-order chi connectivity index (χ1) is 22.6. The fraction of sp³-hybridized carbons (Fsp3) is 0.500. The van der Waals surface area contributed by atoms with Gasteiger partial charge in [0.25, 0.3) is 0 Å². The van der Waals surface area contributed by atoms with E-state index in [1.165, 1.54) is 23.5 Å². The largest absolute Gasteiger partial charge is 0.573 e. The van der Waals surface area contributed by atoms with E-state index in [9.17, 15) is 28.5 Å². The van der Waals surface area contributed by atoms with Crippen LogP contribution in [0.5, 0.6) is 5.75 Å². The molecule has 5 N–H and O–H groups in total. The zero-order valence-electron chi connectivity index (χ0n) is 25.6. The molecule has 7 atom stereocenters. The van der Waals surface area contributed by atoms with Gasteiger partial charge in [0.2, 0.25) is 5.95 Å². The van der Waals surface area contributed by atoms with Gasteiger partial charge in [-0.15, -0.1) is 24.5 Å². The first kappa shape index (κ1) is 31.8. The van der Waals surface area contributed by atoms with E-state index in [1.807, 2.05) is 13.0 Å². The second-order valence-corrected chi connectivity index (χ2v) is 13.7. The monoisotopic (exact) mass is 671 g/mol. The van der Waals surface area contributed by atoms with Gasteiger partial charge in [0.1, 0.15) is 28.2 Å². The van der Waals surface area contributed by atoms with E-state index in [-0.39, 0.29) is 24.4 Å². The number of benzene rings is 1. The number of aromatic nitrogens is 4. The van der Waals surface area contributed by atoms with Crippen LogP contribution in [0.3, 0.4) is 0 Å². The first-order valence-electron chi connectivity index (χ1n) is 15.8. The SMILES string of the molecule is Cc1nc(NCC2C[C@H]3CC[C@@H](C2)N3c2ccc(OC(F)(F)F)cc2)nc(NC2C[C@H](CO)[C@@H](O)[C@H]2O)c1-c1nc2cnccc2s1. The molecule has 1 saturated carbocycles. The van der Waals surface area contributed by atoms with E-state index in [1.54, 1.807) is 24.5 Å². The van der Waals surface area contributed by atoms with Crippen LogP contribution in [0.1, 0.15) is 37.8 Å². The number of aliphatic hydroxyl groups is 3. The summed E-state index contributed by atoms with van der Waals surface area (Å²) in [6.07, 6.45) is 0.794. The molecule has 5 heterocycles. The van der Waals surface area contributed by atoms with Gasteiger partial charge in [0.05, 0.1) is 34.3 Å². The molecule has 3 aromatic heterocycles. The van der Waals surface area contributed by atoms with Crippen molar-refractivity contribution in [2.24, 2.45) is 11.8 Å². The number of thiazole rings is 1. The molecule has 0 spiro atoms. The number of pyridine rings is 1. The van der Waals surface area contributed by atoms with Crippen molar-refractivity contribution in [2.45, 2.75) is 75.7 Å². The third-order valence-corrected chi connectivity index (χ3v) is 10.7. The highest BCUT2D eigenvalue weighted by Crippen LogP contribution is 2.43. The molecule has 2 saturated heterocycles. The second-order valence-electron chi connectivity index (χ2n) is 12.7. The van der Waals surface area contributed by atoms with Gasteiger partial charge in [-0.25, -0.2) is 9.97 Å². The molecule has 1 aromatic carbocycles. The van der Waals surface area contributed by atoms with E-state index in [4.69, 9.17) is 15.0 Å². The van der Waals surface area contributed by atoms with Gasteiger partial charge >= 0.3 is 6.36 Å². The average Bonchev–Trinajstić information content (AvgIpc) is 3.66. The molecule has 2 bridgehead atoms. The fourth-order valence-corrected chi connectivity index (χ4v) is 8.49. The van der Waals surface area contributed by atoms with Crippen molar-refractivity contribution in [3.8, 4) is 16.3 Å². The van der Waals surface area contributed by atoms with Crippen molar-refractivity contribution in [3.63, 3.8) is 0 Å². The Balaban J connectivity index is 1.08. The molecule has 1 aliphatic carbocycles. The molecular weight excluding hydrogens is 635 g/mol. The van der Waals surface area contributed by atoms with Gasteiger partial charge in [0.15, 0.2) is 0 Å². The molecular formula is C32H36F3N7O4S. The predicted octanol–water partition coefficient (Wildman–Crippen LogP) is 4.73. The summed E-state index contributed by atoms with van der Waals surface area (Å²) in [4.78, 5) is 20.9. The Morgan fingerprint density at radius 3 is 2.40 bits per heavy atom. The molecule has 2 unspecified atom stereocenters. The number of aryl methyl sites for hydroxylation is 1. The van der Waals surface area contributed by atoms with Gasteiger partial charge in [-0.1, -0.05) is 0 Å². The normalized spacial score (nSPS) is 27.4.